The van der Waals surface area contributed by atoms with Crippen molar-refractivity contribution < 1.29 is 14.3 Å². The smallest absolute Gasteiger partial charge is 0.407 e. The quantitative estimate of drug-likeness (QED) is 0.707. The molecule has 0 radical (unpaired) electrons. The first-order chi connectivity index (χ1) is 6.25. The van der Waals surface area contributed by atoms with Gasteiger partial charge >= 0.3 is 6.09 Å². The van der Waals surface area contributed by atoms with E-state index in [4.69, 9.17) is 5.11 Å². The van der Waals surface area contributed by atoms with Crippen molar-refractivity contribution in [3.8, 4) is 0 Å². The van der Waals surface area contributed by atoms with Crippen molar-refractivity contribution in [2.24, 2.45) is 0 Å². The minimum atomic E-state index is -1.38. The van der Waals surface area contributed by atoms with E-state index in [0.717, 1.165) is 4.90 Å². The molecule has 5 heteroatoms. The molecule has 0 aliphatic carbocycles. The highest BCUT2D eigenvalue weighted by Crippen LogP contribution is 2.23. The molecular formula is C9H17FN2O2. The second-order valence-electron chi connectivity index (χ2n) is 4.79. The average Bonchev–Trinajstić information content (AvgIpc) is 1.93. The average molecular weight is 204 g/mol. The fourth-order valence-electron chi connectivity index (χ4n) is 1.38. The molecule has 0 spiro atoms. The molecular weight excluding hydrogens is 187 g/mol. The number of nitrogens with zero attached hydrogens (tertiary/aromatic N) is 1. The van der Waals surface area contributed by atoms with Crippen LogP contribution in [0.3, 0.4) is 0 Å². The van der Waals surface area contributed by atoms with Gasteiger partial charge in [-0.15, -0.1) is 0 Å². The van der Waals surface area contributed by atoms with Crippen molar-refractivity contribution >= 4 is 6.09 Å². The Balaban J connectivity index is 2.65. The molecule has 4 nitrogen and oxygen atoms in total. The number of carbonyl (C=O) groups is 1. The van der Waals surface area contributed by atoms with Crippen LogP contribution in [0.15, 0.2) is 0 Å². The summed E-state index contributed by atoms with van der Waals surface area (Å²) in [5.74, 6) is 0. The minimum absolute atomic E-state index is 0.0567. The summed E-state index contributed by atoms with van der Waals surface area (Å²) in [6.07, 6.45) is -1.07. The Kier molecular flexibility index (Phi) is 2.71. The van der Waals surface area contributed by atoms with Gasteiger partial charge in [0, 0.05) is 18.6 Å². The Labute approximate surface area is 83.1 Å². The van der Waals surface area contributed by atoms with Crippen LogP contribution in [0.25, 0.3) is 0 Å². The Hall–Kier alpha value is -0.840. The fourth-order valence-corrected chi connectivity index (χ4v) is 1.38. The van der Waals surface area contributed by atoms with Crippen molar-refractivity contribution in [2.45, 2.75) is 32.0 Å². The first-order valence-electron chi connectivity index (χ1n) is 4.65. The molecule has 1 aliphatic heterocycles. The Morgan fingerprint density at radius 3 is 2.29 bits per heavy atom. The highest BCUT2D eigenvalue weighted by molar-refractivity contribution is 5.66. The maximum atomic E-state index is 13.7. The van der Waals surface area contributed by atoms with Gasteiger partial charge in [-0.1, -0.05) is 0 Å². The normalized spacial score (nSPS) is 20.0. The van der Waals surface area contributed by atoms with E-state index in [9.17, 15) is 9.18 Å². The number of carboxylic acid groups (broad SMARTS) is 1. The molecule has 1 heterocycles. The van der Waals surface area contributed by atoms with E-state index in [1.165, 1.54) is 0 Å². The van der Waals surface area contributed by atoms with Gasteiger partial charge in [-0.25, -0.2) is 9.18 Å². The van der Waals surface area contributed by atoms with E-state index in [2.05, 4.69) is 5.32 Å². The van der Waals surface area contributed by atoms with Crippen LogP contribution in [0.5, 0.6) is 0 Å². The molecule has 0 aromatic rings. The van der Waals surface area contributed by atoms with Crippen molar-refractivity contribution in [2.75, 3.05) is 19.6 Å². The number of amides is 1. The van der Waals surface area contributed by atoms with Crippen LogP contribution in [-0.2, 0) is 0 Å². The first kappa shape index (κ1) is 11.2. The number of hydrogen-bond donors (Lipinski definition) is 2. The van der Waals surface area contributed by atoms with E-state index in [0.29, 0.717) is 0 Å². The van der Waals surface area contributed by atoms with Gasteiger partial charge in [0.25, 0.3) is 0 Å². The lowest BCUT2D eigenvalue weighted by Gasteiger charge is -2.42. The summed E-state index contributed by atoms with van der Waals surface area (Å²) in [5.41, 5.74) is -1.94. The summed E-state index contributed by atoms with van der Waals surface area (Å²) in [5, 5.41) is 11.7. The van der Waals surface area contributed by atoms with Gasteiger partial charge < -0.3 is 15.3 Å². The van der Waals surface area contributed by atoms with Crippen molar-refractivity contribution in [3.63, 3.8) is 0 Å². The van der Waals surface area contributed by atoms with E-state index < -0.39 is 17.3 Å². The monoisotopic (exact) mass is 204 g/mol. The summed E-state index contributed by atoms with van der Waals surface area (Å²) in [6, 6.07) is 0. The summed E-state index contributed by atoms with van der Waals surface area (Å²) >= 11 is 0. The molecule has 1 saturated heterocycles. The van der Waals surface area contributed by atoms with Crippen molar-refractivity contribution in [1.82, 2.24) is 10.2 Å². The lowest BCUT2D eigenvalue weighted by molar-refractivity contribution is 0.0132. The first-order valence-corrected chi connectivity index (χ1v) is 4.65. The zero-order chi connectivity index (χ0) is 11.0. The zero-order valence-electron chi connectivity index (χ0n) is 8.80. The molecule has 1 amide bonds. The van der Waals surface area contributed by atoms with Gasteiger partial charge in [0.15, 0.2) is 5.67 Å². The van der Waals surface area contributed by atoms with E-state index in [-0.39, 0.29) is 19.6 Å². The van der Waals surface area contributed by atoms with Crippen LogP contribution in [0.2, 0.25) is 0 Å². The van der Waals surface area contributed by atoms with Crippen molar-refractivity contribution in [3.05, 3.63) is 0 Å². The SMILES string of the molecule is CC(C)(C)N(CC1(F)CNC1)C(=O)O. The van der Waals surface area contributed by atoms with Gasteiger partial charge in [-0.3, -0.25) is 0 Å². The summed E-state index contributed by atoms with van der Waals surface area (Å²) in [4.78, 5) is 12.0. The molecule has 1 rings (SSSR count). The number of rotatable bonds is 2. The topological polar surface area (TPSA) is 52.6 Å². The third kappa shape index (κ3) is 2.35. The molecule has 0 unspecified atom stereocenters. The summed E-state index contributed by atoms with van der Waals surface area (Å²) < 4.78 is 13.7. The molecule has 82 valence electrons. The van der Waals surface area contributed by atoms with Gasteiger partial charge in [0.1, 0.15) is 0 Å². The highest BCUT2D eigenvalue weighted by atomic mass is 19.1. The summed E-state index contributed by atoms with van der Waals surface area (Å²) in [6.45, 7) is 5.71. The second-order valence-corrected chi connectivity index (χ2v) is 4.79. The van der Waals surface area contributed by atoms with Gasteiger partial charge in [-0.05, 0) is 20.8 Å². The zero-order valence-corrected chi connectivity index (χ0v) is 8.80. The molecule has 0 saturated carbocycles. The molecule has 2 N–H and O–H groups in total. The molecule has 0 aromatic heterocycles. The number of nitrogens with one attached hydrogen (secondary N) is 1. The largest absolute Gasteiger partial charge is 0.465 e. The standard InChI is InChI=1S/C9H17FN2O2/c1-8(2,3)12(7(13)14)6-9(10)4-11-5-9/h11H,4-6H2,1-3H3,(H,13,14). The highest BCUT2D eigenvalue weighted by Gasteiger charge is 2.42. The Morgan fingerprint density at radius 1 is 1.57 bits per heavy atom. The van der Waals surface area contributed by atoms with Crippen LogP contribution in [0, 0.1) is 0 Å². The Bertz CT molecular complexity index is 233. The third-order valence-corrected chi connectivity index (χ3v) is 2.37. The molecule has 0 bridgehead atoms. The lowest BCUT2D eigenvalue weighted by Crippen LogP contribution is -2.64. The van der Waals surface area contributed by atoms with Crippen LogP contribution in [-0.4, -0.2) is 46.9 Å². The van der Waals surface area contributed by atoms with Crippen molar-refractivity contribution in [1.29, 1.82) is 0 Å². The fraction of sp³-hybridized carbons (Fsp3) is 0.889. The maximum Gasteiger partial charge on any atom is 0.407 e. The van der Waals surface area contributed by atoms with Gasteiger partial charge in [0.05, 0.1) is 6.54 Å². The maximum absolute atomic E-state index is 13.7. The van der Waals surface area contributed by atoms with Crippen LogP contribution in [0.1, 0.15) is 20.8 Å². The van der Waals surface area contributed by atoms with E-state index in [1.807, 2.05) is 0 Å². The third-order valence-electron chi connectivity index (χ3n) is 2.37. The molecule has 14 heavy (non-hydrogen) atoms. The van der Waals surface area contributed by atoms with Gasteiger partial charge in [-0.2, -0.15) is 0 Å². The number of alkyl halides is 1. The molecule has 1 fully saturated rings. The van der Waals surface area contributed by atoms with E-state index in [1.54, 1.807) is 20.8 Å². The molecule has 0 aromatic carbocycles. The van der Waals surface area contributed by atoms with Crippen LogP contribution < -0.4 is 5.32 Å². The Morgan fingerprint density at radius 2 is 2.07 bits per heavy atom. The number of hydrogen-bond acceptors (Lipinski definition) is 2. The number of halogens is 1. The van der Waals surface area contributed by atoms with E-state index >= 15 is 0 Å². The second kappa shape index (κ2) is 3.38. The predicted molar refractivity (Wildman–Crippen MR) is 51.2 cm³/mol. The van der Waals surface area contributed by atoms with Crippen LogP contribution >= 0.6 is 0 Å². The minimum Gasteiger partial charge on any atom is -0.465 e. The predicted octanol–water partition coefficient (Wildman–Crippen LogP) is 1.08. The lowest BCUT2D eigenvalue weighted by atomic mass is 9.96. The molecule has 1 aliphatic rings. The summed E-state index contributed by atoms with van der Waals surface area (Å²) in [7, 11) is 0. The van der Waals surface area contributed by atoms with Gasteiger partial charge in [0.2, 0.25) is 0 Å². The molecule has 0 atom stereocenters. The van der Waals surface area contributed by atoms with Crippen LogP contribution in [0.4, 0.5) is 9.18 Å².